The molecule has 23 heavy (non-hydrogen) atoms. The normalized spacial score (nSPS) is 10.9. The molecule has 8 heteroatoms. The number of fused-ring (bicyclic) bond motifs is 1. The Morgan fingerprint density at radius 2 is 1.96 bits per heavy atom. The van der Waals surface area contributed by atoms with Crippen LogP contribution in [0.4, 0.5) is 11.8 Å². The molecule has 0 aliphatic rings. The number of benzene rings is 1. The lowest BCUT2D eigenvalue weighted by Crippen LogP contribution is -2.07. The quantitative estimate of drug-likeness (QED) is 0.708. The number of rotatable bonds is 3. The standard InChI is InChI=1S/C15H13ClN4O3/c1-2-22-14(21)9-10-12(17)19-15(18)20-13(10)23-11(9)7-3-5-8(16)6-4-7/h3-6H,2H2,1H3,(H4,17,18,19,20). The Balaban J connectivity index is 2.31. The number of nitrogen functional groups attached to an aromatic ring is 2. The van der Waals surface area contributed by atoms with E-state index < -0.39 is 5.97 Å². The molecule has 0 aliphatic carbocycles. The third-order valence-electron chi connectivity index (χ3n) is 3.18. The first-order valence-corrected chi connectivity index (χ1v) is 7.17. The molecule has 0 spiro atoms. The van der Waals surface area contributed by atoms with Crippen molar-refractivity contribution in [3.8, 4) is 11.3 Å². The van der Waals surface area contributed by atoms with E-state index in [1.165, 1.54) is 0 Å². The van der Waals surface area contributed by atoms with Gasteiger partial charge in [-0.15, -0.1) is 0 Å². The second kappa shape index (κ2) is 5.77. The summed E-state index contributed by atoms with van der Waals surface area (Å²) in [6.07, 6.45) is 0. The van der Waals surface area contributed by atoms with Gasteiger partial charge in [0.2, 0.25) is 11.7 Å². The van der Waals surface area contributed by atoms with Gasteiger partial charge in [0.05, 0.1) is 12.0 Å². The fraction of sp³-hybridized carbons (Fsp3) is 0.133. The first-order valence-electron chi connectivity index (χ1n) is 6.79. The molecule has 2 aromatic heterocycles. The average Bonchev–Trinajstić information content (AvgIpc) is 2.87. The van der Waals surface area contributed by atoms with Crippen LogP contribution in [0.5, 0.6) is 0 Å². The minimum atomic E-state index is -0.573. The van der Waals surface area contributed by atoms with Crippen LogP contribution in [0.15, 0.2) is 28.7 Å². The Morgan fingerprint density at radius 3 is 2.61 bits per heavy atom. The lowest BCUT2D eigenvalue weighted by atomic mass is 10.1. The monoisotopic (exact) mass is 332 g/mol. The number of carbonyl (C=O) groups is 1. The van der Waals surface area contributed by atoms with Crippen LogP contribution in [0.2, 0.25) is 5.02 Å². The molecule has 0 unspecified atom stereocenters. The Hall–Kier alpha value is -2.80. The Kier molecular flexibility index (Phi) is 3.79. The van der Waals surface area contributed by atoms with E-state index in [4.69, 9.17) is 32.2 Å². The Morgan fingerprint density at radius 1 is 1.26 bits per heavy atom. The third-order valence-corrected chi connectivity index (χ3v) is 3.43. The van der Waals surface area contributed by atoms with Crippen LogP contribution in [-0.2, 0) is 4.74 Å². The number of anilines is 2. The van der Waals surface area contributed by atoms with Crippen LogP contribution in [0, 0.1) is 0 Å². The lowest BCUT2D eigenvalue weighted by molar-refractivity contribution is 0.0528. The molecular weight excluding hydrogens is 320 g/mol. The SMILES string of the molecule is CCOC(=O)c1c(-c2ccc(Cl)cc2)oc2nc(N)nc(N)c12. The van der Waals surface area contributed by atoms with Gasteiger partial charge in [-0.05, 0) is 31.2 Å². The van der Waals surface area contributed by atoms with Crippen LogP contribution in [0.25, 0.3) is 22.4 Å². The minimum Gasteiger partial charge on any atom is -0.462 e. The van der Waals surface area contributed by atoms with Gasteiger partial charge in [-0.3, -0.25) is 0 Å². The van der Waals surface area contributed by atoms with Gasteiger partial charge in [-0.25, -0.2) is 4.79 Å². The number of halogens is 1. The summed E-state index contributed by atoms with van der Waals surface area (Å²) >= 11 is 5.89. The Bertz CT molecular complexity index is 890. The molecule has 0 bridgehead atoms. The van der Waals surface area contributed by atoms with Crippen LogP contribution >= 0.6 is 11.6 Å². The van der Waals surface area contributed by atoms with Gasteiger partial charge in [0.25, 0.3) is 0 Å². The van der Waals surface area contributed by atoms with E-state index in [2.05, 4.69) is 9.97 Å². The zero-order chi connectivity index (χ0) is 16.6. The molecule has 7 nitrogen and oxygen atoms in total. The van der Waals surface area contributed by atoms with Crippen LogP contribution in [0.1, 0.15) is 17.3 Å². The highest BCUT2D eigenvalue weighted by Crippen LogP contribution is 2.36. The molecule has 118 valence electrons. The smallest absolute Gasteiger partial charge is 0.342 e. The molecule has 4 N–H and O–H groups in total. The van der Waals surface area contributed by atoms with Crippen molar-refractivity contribution in [1.82, 2.24) is 9.97 Å². The molecule has 0 aliphatic heterocycles. The van der Waals surface area contributed by atoms with E-state index in [9.17, 15) is 4.79 Å². The van der Waals surface area contributed by atoms with Crippen molar-refractivity contribution >= 4 is 40.4 Å². The van der Waals surface area contributed by atoms with Crippen molar-refractivity contribution in [2.45, 2.75) is 6.92 Å². The molecule has 3 rings (SSSR count). The summed E-state index contributed by atoms with van der Waals surface area (Å²) in [5.41, 5.74) is 12.4. The van der Waals surface area contributed by atoms with Crippen molar-refractivity contribution in [2.75, 3.05) is 18.1 Å². The van der Waals surface area contributed by atoms with Gasteiger partial charge >= 0.3 is 5.97 Å². The molecule has 0 saturated carbocycles. The number of hydrogen-bond acceptors (Lipinski definition) is 7. The maximum Gasteiger partial charge on any atom is 0.342 e. The second-order valence-corrected chi connectivity index (χ2v) is 5.12. The fourth-order valence-corrected chi connectivity index (χ4v) is 2.37. The van der Waals surface area contributed by atoms with Crippen LogP contribution < -0.4 is 11.5 Å². The second-order valence-electron chi connectivity index (χ2n) is 4.68. The lowest BCUT2D eigenvalue weighted by Gasteiger charge is -2.04. The number of nitrogens with two attached hydrogens (primary N) is 2. The molecule has 0 amide bonds. The van der Waals surface area contributed by atoms with Gasteiger partial charge in [-0.2, -0.15) is 9.97 Å². The van der Waals surface area contributed by atoms with E-state index in [1.807, 2.05) is 0 Å². The number of aromatic nitrogens is 2. The van der Waals surface area contributed by atoms with E-state index in [0.29, 0.717) is 10.6 Å². The van der Waals surface area contributed by atoms with Gasteiger partial charge in [0, 0.05) is 10.6 Å². The van der Waals surface area contributed by atoms with E-state index in [1.54, 1.807) is 31.2 Å². The molecule has 0 atom stereocenters. The Labute approximate surface area is 136 Å². The molecule has 2 heterocycles. The van der Waals surface area contributed by atoms with Gasteiger partial charge in [0.1, 0.15) is 11.4 Å². The van der Waals surface area contributed by atoms with Crippen molar-refractivity contribution in [3.63, 3.8) is 0 Å². The number of ether oxygens (including phenoxy) is 1. The highest BCUT2D eigenvalue weighted by atomic mass is 35.5. The number of carbonyl (C=O) groups excluding carboxylic acids is 1. The van der Waals surface area contributed by atoms with Gasteiger partial charge in [0.15, 0.2) is 5.76 Å². The number of furan rings is 1. The van der Waals surface area contributed by atoms with Gasteiger partial charge in [-0.1, -0.05) is 11.6 Å². The van der Waals surface area contributed by atoms with Crippen molar-refractivity contribution in [1.29, 1.82) is 0 Å². The predicted molar refractivity (Wildman–Crippen MR) is 87.0 cm³/mol. The summed E-state index contributed by atoms with van der Waals surface area (Å²) in [5.74, 6) is -0.278. The molecule has 0 saturated heterocycles. The zero-order valence-electron chi connectivity index (χ0n) is 12.2. The topological polar surface area (TPSA) is 117 Å². The van der Waals surface area contributed by atoms with E-state index in [0.717, 1.165) is 0 Å². The molecule has 1 aromatic carbocycles. The predicted octanol–water partition coefficient (Wildman–Crippen LogP) is 2.88. The molecular formula is C15H13ClN4O3. The molecule has 0 fully saturated rings. The summed E-state index contributed by atoms with van der Waals surface area (Å²) in [5, 5.41) is 0.841. The number of esters is 1. The first-order chi connectivity index (χ1) is 11.0. The summed E-state index contributed by atoms with van der Waals surface area (Å²) in [4.78, 5) is 20.2. The average molecular weight is 333 g/mol. The van der Waals surface area contributed by atoms with Crippen molar-refractivity contribution < 1.29 is 13.9 Å². The summed E-state index contributed by atoms with van der Waals surface area (Å²) in [6, 6.07) is 6.80. The van der Waals surface area contributed by atoms with E-state index in [-0.39, 0.29) is 40.8 Å². The minimum absolute atomic E-state index is 0.0400. The van der Waals surface area contributed by atoms with E-state index >= 15 is 0 Å². The summed E-state index contributed by atoms with van der Waals surface area (Å²) in [6.45, 7) is 1.92. The van der Waals surface area contributed by atoms with Gasteiger partial charge < -0.3 is 20.6 Å². The van der Waals surface area contributed by atoms with Crippen LogP contribution in [-0.4, -0.2) is 22.5 Å². The molecule has 0 radical (unpaired) electrons. The highest BCUT2D eigenvalue weighted by Gasteiger charge is 2.26. The third kappa shape index (κ3) is 2.66. The maximum absolute atomic E-state index is 12.4. The van der Waals surface area contributed by atoms with Crippen molar-refractivity contribution in [3.05, 3.63) is 34.9 Å². The fourth-order valence-electron chi connectivity index (χ4n) is 2.25. The highest BCUT2D eigenvalue weighted by molar-refractivity contribution is 6.30. The largest absolute Gasteiger partial charge is 0.462 e. The first kappa shape index (κ1) is 15.1. The van der Waals surface area contributed by atoms with Crippen molar-refractivity contribution in [2.24, 2.45) is 0 Å². The number of nitrogens with zero attached hydrogens (tertiary/aromatic N) is 2. The summed E-state index contributed by atoms with van der Waals surface area (Å²) in [7, 11) is 0. The zero-order valence-corrected chi connectivity index (χ0v) is 12.9. The molecule has 3 aromatic rings. The number of hydrogen-bond donors (Lipinski definition) is 2. The summed E-state index contributed by atoms with van der Waals surface area (Å²) < 4.78 is 10.8. The maximum atomic E-state index is 12.4. The van der Waals surface area contributed by atoms with Crippen LogP contribution in [0.3, 0.4) is 0 Å².